The van der Waals surface area contributed by atoms with E-state index in [0.29, 0.717) is 11.1 Å². The van der Waals surface area contributed by atoms with Gasteiger partial charge in [0.15, 0.2) is 0 Å². The maximum atomic E-state index is 13.7. The summed E-state index contributed by atoms with van der Waals surface area (Å²) in [5.41, 5.74) is 0.761. The van der Waals surface area contributed by atoms with Crippen LogP contribution >= 0.6 is 11.6 Å². The molecule has 1 N–H and O–H groups in total. The lowest BCUT2D eigenvalue weighted by Gasteiger charge is -2.28. The van der Waals surface area contributed by atoms with Crippen molar-refractivity contribution in [3.8, 4) is 0 Å². The van der Waals surface area contributed by atoms with E-state index in [1.54, 1.807) is 20.8 Å². The van der Waals surface area contributed by atoms with Crippen LogP contribution < -0.4 is 0 Å². The van der Waals surface area contributed by atoms with Crippen LogP contribution in [0.25, 0.3) is 0 Å². The molecule has 1 fully saturated rings. The van der Waals surface area contributed by atoms with E-state index in [4.69, 9.17) is 11.6 Å². The van der Waals surface area contributed by atoms with Crippen LogP contribution in [-0.2, 0) is 11.4 Å². The van der Waals surface area contributed by atoms with Crippen LogP contribution in [0.3, 0.4) is 0 Å². The fourth-order valence-corrected chi connectivity index (χ4v) is 3.12. The number of aliphatic hydroxyl groups excluding tert-OH is 1. The van der Waals surface area contributed by atoms with Crippen LogP contribution in [0.1, 0.15) is 37.9 Å². The first-order valence-electron chi connectivity index (χ1n) is 7.05. The number of urea groups is 1. The number of hydrogen-bond acceptors (Lipinski definition) is 3. The predicted molar refractivity (Wildman–Crippen MR) is 79.8 cm³/mol. The molecule has 0 bridgehead atoms. The van der Waals surface area contributed by atoms with E-state index >= 15 is 0 Å². The van der Waals surface area contributed by atoms with Gasteiger partial charge in [0, 0.05) is 17.1 Å². The molecule has 2 atom stereocenters. The summed E-state index contributed by atoms with van der Waals surface area (Å²) in [6.07, 6.45) is 0. The highest BCUT2D eigenvalue weighted by molar-refractivity contribution is 6.31. The summed E-state index contributed by atoms with van der Waals surface area (Å²) in [5, 5.41) is 9.58. The van der Waals surface area contributed by atoms with E-state index in [1.807, 2.05) is 0 Å². The highest BCUT2D eigenvalue weighted by Crippen LogP contribution is 2.34. The second-order valence-electron chi connectivity index (χ2n) is 5.24. The van der Waals surface area contributed by atoms with Crippen LogP contribution in [-0.4, -0.2) is 39.4 Å². The number of aliphatic hydroxyl groups is 1. The summed E-state index contributed by atoms with van der Waals surface area (Å²) >= 11 is 5.96. The van der Waals surface area contributed by atoms with E-state index in [0.717, 1.165) is 11.0 Å². The Morgan fingerprint density at radius 1 is 1.41 bits per heavy atom. The van der Waals surface area contributed by atoms with E-state index in [2.05, 4.69) is 0 Å². The van der Waals surface area contributed by atoms with Gasteiger partial charge in [0.05, 0.1) is 12.6 Å². The van der Waals surface area contributed by atoms with Crippen LogP contribution in [0.5, 0.6) is 0 Å². The fraction of sp³-hybridized carbons (Fsp3) is 0.467. The van der Waals surface area contributed by atoms with Gasteiger partial charge >= 0.3 is 6.03 Å². The van der Waals surface area contributed by atoms with Gasteiger partial charge in [0.2, 0.25) is 0 Å². The molecule has 0 spiro atoms. The number of nitrogens with zero attached hydrogens (tertiary/aromatic N) is 2. The molecule has 2 unspecified atom stereocenters. The Hall–Kier alpha value is -1.66. The highest BCUT2D eigenvalue weighted by Gasteiger charge is 2.44. The number of halogens is 2. The lowest BCUT2D eigenvalue weighted by molar-refractivity contribution is -0.127. The third kappa shape index (κ3) is 2.57. The first-order chi connectivity index (χ1) is 10.3. The molecule has 120 valence electrons. The Kier molecular flexibility index (Phi) is 4.72. The molecule has 1 saturated heterocycles. The van der Waals surface area contributed by atoms with Gasteiger partial charge in [-0.1, -0.05) is 11.6 Å². The smallest absolute Gasteiger partial charge is 0.327 e. The summed E-state index contributed by atoms with van der Waals surface area (Å²) in [7, 11) is 0. The van der Waals surface area contributed by atoms with Crippen molar-refractivity contribution < 1.29 is 19.1 Å². The lowest BCUT2D eigenvalue weighted by atomic mass is 9.99. The highest BCUT2D eigenvalue weighted by atomic mass is 35.5. The van der Waals surface area contributed by atoms with Gasteiger partial charge in [0.1, 0.15) is 11.9 Å². The topological polar surface area (TPSA) is 60.9 Å². The monoisotopic (exact) mass is 328 g/mol. The van der Waals surface area contributed by atoms with Crippen LogP contribution in [0, 0.1) is 5.82 Å². The molecule has 2 rings (SSSR count). The standard InChI is InChI=1S/C15H18ClFN2O3/c1-4-18-14(21)9(3)19(15(18)22)8(2)11-5-10(17)6-13(16)12(11)7-20/h5-6,8-9,20H,4,7H2,1-3H3. The third-order valence-corrected chi connectivity index (χ3v) is 4.37. The molecule has 1 aromatic rings. The Morgan fingerprint density at radius 2 is 2.05 bits per heavy atom. The van der Waals surface area contributed by atoms with Gasteiger partial charge in [-0.2, -0.15) is 0 Å². The van der Waals surface area contributed by atoms with Crippen LogP contribution in [0.2, 0.25) is 5.02 Å². The van der Waals surface area contributed by atoms with E-state index in [9.17, 15) is 19.1 Å². The van der Waals surface area contributed by atoms with Gasteiger partial charge in [-0.25, -0.2) is 9.18 Å². The van der Waals surface area contributed by atoms with Crippen molar-refractivity contribution in [1.29, 1.82) is 0 Å². The third-order valence-electron chi connectivity index (χ3n) is 4.03. The Bertz CT molecular complexity index is 623. The normalized spacial score (nSPS) is 20.0. The van der Waals surface area contributed by atoms with Gasteiger partial charge in [-0.05, 0) is 38.5 Å². The minimum absolute atomic E-state index is 0.0994. The molecule has 0 radical (unpaired) electrons. The van der Waals surface area contributed by atoms with Gasteiger partial charge in [-0.3, -0.25) is 9.69 Å². The fourth-order valence-electron chi connectivity index (χ4n) is 2.85. The van der Waals surface area contributed by atoms with Crippen molar-refractivity contribution in [2.24, 2.45) is 0 Å². The molecule has 1 heterocycles. The summed E-state index contributed by atoms with van der Waals surface area (Å²) in [5.74, 6) is -0.838. The number of amides is 3. The first-order valence-corrected chi connectivity index (χ1v) is 7.43. The second-order valence-corrected chi connectivity index (χ2v) is 5.64. The molecular weight excluding hydrogens is 311 g/mol. The maximum absolute atomic E-state index is 13.7. The van der Waals surface area contributed by atoms with Crippen molar-refractivity contribution >= 4 is 23.5 Å². The molecule has 0 aliphatic carbocycles. The number of likely N-dealkylation sites (N-methyl/N-ethyl adjacent to an activating group) is 1. The molecule has 1 aliphatic heterocycles. The van der Waals surface area contributed by atoms with Crippen LogP contribution in [0.15, 0.2) is 12.1 Å². The van der Waals surface area contributed by atoms with Crippen molar-refractivity contribution in [2.45, 2.75) is 39.5 Å². The molecule has 3 amide bonds. The van der Waals surface area contributed by atoms with Crippen molar-refractivity contribution in [2.75, 3.05) is 6.54 Å². The Labute approximate surface area is 133 Å². The van der Waals surface area contributed by atoms with E-state index < -0.39 is 23.9 Å². The minimum atomic E-state index is -0.643. The summed E-state index contributed by atoms with van der Waals surface area (Å²) < 4.78 is 13.7. The second kappa shape index (κ2) is 6.22. The molecule has 1 aliphatic rings. The molecule has 5 nitrogen and oxygen atoms in total. The summed E-state index contributed by atoms with van der Waals surface area (Å²) in [4.78, 5) is 27.0. The predicted octanol–water partition coefficient (Wildman–Crippen LogP) is 2.71. The number of benzene rings is 1. The van der Waals surface area contributed by atoms with E-state index in [-0.39, 0.29) is 24.1 Å². The van der Waals surface area contributed by atoms with Gasteiger partial charge < -0.3 is 10.0 Å². The summed E-state index contributed by atoms with van der Waals surface area (Å²) in [6.45, 7) is 4.94. The van der Waals surface area contributed by atoms with Gasteiger partial charge in [-0.15, -0.1) is 0 Å². The van der Waals surface area contributed by atoms with Crippen LogP contribution in [0.4, 0.5) is 9.18 Å². The van der Waals surface area contributed by atoms with Crippen molar-refractivity contribution in [1.82, 2.24) is 9.80 Å². The average Bonchev–Trinajstić information content (AvgIpc) is 2.67. The zero-order valence-corrected chi connectivity index (χ0v) is 13.4. The van der Waals surface area contributed by atoms with Crippen molar-refractivity contribution in [3.05, 3.63) is 34.1 Å². The number of rotatable bonds is 4. The largest absolute Gasteiger partial charge is 0.392 e. The van der Waals surface area contributed by atoms with E-state index in [1.165, 1.54) is 11.0 Å². The minimum Gasteiger partial charge on any atom is -0.392 e. The Morgan fingerprint density at radius 3 is 2.55 bits per heavy atom. The molecule has 1 aromatic carbocycles. The molecule has 0 aromatic heterocycles. The summed E-state index contributed by atoms with van der Waals surface area (Å²) in [6, 6.07) is 0.703. The number of hydrogen-bond donors (Lipinski definition) is 1. The first kappa shape index (κ1) is 16.7. The molecule has 7 heteroatoms. The zero-order valence-electron chi connectivity index (χ0n) is 12.6. The lowest BCUT2D eigenvalue weighted by Crippen LogP contribution is -2.36. The molecule has 22 heavy (non-hydrogen) atoms. The Balaban J connectivity index is 2.46. The van der Waals surface area contributed by atoms with Crippen molar-refractivity contribution in [3.63, 3.8) is 0 Å². The number of carbonyl (C=O) groups is 2. The maximum Gasteiger partial charge on any atom is 0.327 e. The van der Waals surface area contributed by atoms with Gasteiger partial charge in [0.25, 0.3) is 5.91 Å². The molecular formula is C15H18ClFN2O3. The number of carbonyl (C=O) groups excluding carboxylic acids is 2. The average molecular weight is 329 g/mol. The quantitative estimate of drug-likeness (QED) is 0.864. The number of imide groups is 1. The molecule has 0 saturated carbocycles. The SMILES string of the molecule is CCN1C(=O)C(C)N(C(C)c2cc(F)cc(Cl)c2CO)C1=O. The zero-order chi connectivity index (χ0) is 16.6.